The summed E-state index contributed by atoms with van der Waals surface area (Å²) in [4.78, 5) is 0.615. The largest absolute Gasteiger partial charge is 0.319 e. The van der Waals surface area contributed by atoms with Gasteiger partial charge in [-0.1, -0.05) is 0 Å². The van der Waals surface area contributed by atoms with Crippen LogP contribution in [0.4, 0.5) is 13.2 Å². The van der Waals surface area contributed by atoms with E-state index in [-0.39, 0.29) is 5.56 Å². The lowest BCUT2D eigenvalue weighted by Gasteiger charge is -2.12. The second-order valence-corrected chi connectivity index (χ2v) is 6.27. The van der Waals surface area contributed by atoms with Gasteiger partial charge in [0, 0.05) is 22.6 Å². The van der Waals surface area contributed by atoms with E-state index in [4.69, 9.17) is 5.73 Å². The third-order valence-electron chi connectivity index (χ3n) is 2.54. The highest BCUT2D eigenvalue weighted by Crippen LogP contribution is 2.34. The molecule has 2 N–H and O–H groups in total. The Morgan fingerprint density at radius 3 is 2.17 bits per heavy atom. The maximum absolute atomic E-state index is 13.6. The Bertz CT molecular complexity index is 554. The molecule has 1 atom stereocenters. The van der Waals surface area contributed by atoms with Crippen LogP contribution in [-0.2, 0) is 0 Å². The number of thiophene rings is 1. The molecule has 6 heteroatoms. The first kappa shape index (κ1) is 13.6. The van der Waals surface area contributed by atoms with Gasteiger partial charge in [0.1, 0.15) is 17.5 Å². The van der Waals surface area contributed by atoms with Gasteiger partial charge in [-0.25, -0.2) is 13.2 Å². The Labute approximate surface area is 115 Å². The molecule has 2 aromatic rings. The molecule has 0 aliphatic carbocycles. The molecule has 0 spiro atoms. The molecule has 0 radical (unpaired) electrons. The SMILES string of the molecule is Cc1cc(C(N)c2c(F)cc(F)cc2F)sc1Br. The van der Waals surface area contributed by atoms with Crippen molar-refractivity contribution in [2.24, 2.45) is 5.73 Å². The fourth-order valence-electron chi connectivity index (χ4n) is 1.63. The third-order valence-corrected chi connectivity index (χ3v) is 4.76. The summed E-state index contributed by atoms with van der Waals surface area (Å²) in [5, 5.41) is 0. The molecule has 0 fully saturated rings. The van der Waals surface area contributed by atoms with E-state index in [1.807, 2.05) is 6.92 Å². The minimum absolute atomic E-state index is 0.315. The lowest BCUT2D eigenvalue weighted by molar-refractivity contribution is 0.516. The molecular weight excluding hydrogens is 327 g/mol. The highest BCUT2D eigenvalue weighted by Gasteiger charge is 2.21. The van der Waals surface area contributed by atoms with Crippen LogP contribution in [0.3, 0.4) is 0 Å². The molecule has 0 aliphatic rings. The van der Waals surface area contributed by atoms with Crippen molar-refractivity contribution in [3.63, 3.8) is 0 Å². The number of hydrogen-bond donors (Lipinski definition) is 1. The van der Waals surface area contributed by atoms with E-state index >= 15 is 0 Å². The average molecular weight is 336 g/mol. The minimum Gasteiger partial charge on any atom is -0.319 e. The van der Waals surface area contributed by atoms with E-state index in [0.29, 0.717) is 17.0 Å². The Kier molecular flexibility index (Phi) is 3.79. The van der Waals surface area contributed by atoms with Gasteiger partial charge < -0.3 is 5.73 Å². The van der Waals surface area contributed by atoms with Gasteiger partial charge in [0.25, 0.3) is 0 Å². The zero-order valence-electron chi connectivity index (χ0n) is 9.31. The Morgan fingerprint density at radius 1 is 1.17 bits per heavy atom. The van der Waals surface area contributed by atoms with Crippen molar-refractivity contribution in [1.29, 1.82) is 0 Å². The maximum Gasteiger partial charge on any atom is 0.134 e. The van der Waals surface area contributed by atoms with Crippen LogP contribution in [0.1, 0.15) is 22.0 Å². The van der Waals surface area contributed by atoms with E-state index in [1.165, 1.54) is 11.3 Å². The molecule has 0 aliphatic heterocycles. The molecule has 0 amide bonds. The van der Waals surface area contributed by atoms with Crippen molar-refractivity contribution in [3.8, 4) is 0 Å². The molecule has 0 saturated carbocycles. The number of hydrogen-bond acceptors (Lipinski definition) is 2. The van der Waals surface area contributed by atoms with Gasteiger partial charge in [0.15, 0.2) is 0 Å². The molecule has 1 heterocycles. The summed E-state index contributed by atoms with van der Waals surface area (Å²) in [6.07, 6.45) is 0. The van der Waals surface area contributed by atoms with Gasteiger partial charge in [-0.3, -0.25) is 0 Å². The van der Waals surface area contributed by atoms with Crippen LogP contribution in [0.5, 0.6) is 0 Å². The molecule has 96 valence electrons. The van der Waals surface area contributed by atoms with Crippen molar-refractivity contribution in [3.05, 3.63) is 55.4 Å². The first-order chi connectivity index (χ1) is 8.40. The molecule has 1 aromatic heterocycles. The van der Waals surface area contributed by atoms with Crippen LogP contribution >= 0.6 is 27.3 Å². The van der Waals surface area contributed by atoms with Crippen molar-refractivity contribution in [2.75, 3.05) is 0 Å². The third kappa shape index (κ3) is 2.46. The van der Waals surface area contributed by atoms with Crippen LogP contribution in [0.25, 0.3) is 0 Å². The number of nitrogens with two attached hydrogens (primary N) is 1. The van der Waals surface area contributed by atoms with Crippen LogP contribution in [-0.4, -0.2) is 0 Å². The van der Waals surface area contributed by atoms with E-state index in [1.54, 1.807) is 6.07 Å². The highest BCUT2D eigenvalue weighted by molar-refractivity contribution is 9.11. The molecule has 0 bridgehead atoms. The molecule has 2 rings (SSSR count). The monoisotopic (exact) mass is 335 g/mol. The Hall–Kier alpha value is -0.850. The summed E-state index contributed by atoms with van der Waals surface area (Å²) in [7, 11) is 0. The summed E-state index contributed by atoms with van der Waals surface area (Å²) in [5.74, 6) is -2.89. The first-order valence-electron chi connectivity index (χ1n) is 5.06. The van der Waals surface area contributed by atoms with Crippen molar-refractivity contribution in [2.45, 2.75) is 13.0 Å². The van der Waals surface area contributed by atoms with Crippen molar-refractivity contribution < 1.29 is 13.2 Å². The zero-order valence-corrected chi connectivity index (χ0v) is 11.7. The fraction of sp³-hybridized carbons (Fsp3) is 0.167. The number of rotatable bonds is 2. The summed E-state index contributed by atoms with van der Waals surface area (Å²) in [5.41, 5.74) is 6.46. The van der Waals surface area contributed by atoms with Gasteiger partial charge in [-0.05, 0) is 34.5 Å². The number of halogens is 4. The smallest absolute Gasteiger partial charge is 0.134 e. The van der Waals surface area contributed by atoms with Crippen LogP contribution < -0.4 is 5.73 Å². The van der Waals surface area contributed by atoms with Crippen LogP contribution in [0.15, 0.2) is 22.0 Å². The highest BCUT2D eigenvalue weighted by atomic mass is 79.9. The molecule has 0 saturated heterocycles. The topological polar surface area (TPSA) is 26.0 Å². The van der Waals surface area contributed by atoms with Crippen LogP contribution in [0, 0.1) is 24.4 Å². The number of benzene rings is 1. The maximum atomic E-state index is 13.6. The van der Waals surface area contributed by atoms with E-state index in [9.17, 15) is 13.2 Å². The fourth-order valence-corrected chi connectivity index (χ4v) is 3.21. The Balaban J connectivity index is 2.49. The molecule has 1 nitrogen and oxygen atoms in total. The lowest BCUT2D eigenvalue weighted by Crippen LogP contribution is -2.14. The predicted octanol–water partition coefficient (Wildman–Crippen LogP) is 4.28. The van der Waals surface area contributed by atoms with Crippen molar-refractivity contribution in [1.82, 2.24) is 0 Å². The van der Waals surface area contributed by atoms with Crippen LogP contribution in [0.2, 0.25) is 0 Å². The first-order valence-corrected chi connectivity index (χ1v) is 6.67. The van der Waals surface area contributed by atoms with Gasteiger partial charge in [-0.15, -0.1) is 11.3 Å². The summed E-state index contributed by atoms with van der Waals surface area (Å²) in [6, 6.07) is 2.07. The molecule has 1 aromatic carbocycles. The minimum atomic E-state index is -0.970. The zero-order chi connectivity index (χ0) is 13.4. The second kappa shape index (κ2) is 5.03. The molecule has 1 unspecified atom stereocenters. The summed E-state index contributed by atoms with van der Waals surface area (Å²) < 4.78 is 40.8. The van der Waals surface area contributed by atoms with E-state index in [2.05, 4.69) is 15.9 Å². The number of aryl methyl sites for hydroxylation is 1. The summed E-state index contributed by atoms with van der Waals surface area (Å²) >= 11 is 4.62. The van der Waals surface area contributed by atoms with E-state index < -0.39 is 23.5 Å². The van der Waals surface area contributed by atoms with Gasteiger partial charge in [-0.2, -0.15) is 0 Å². The van der Waals surface area contributed by atoms with E-state index in [0.717, 1.165) is 9.35 Å². The normalized spacial score (nSPS) is 12.8. The average Bonchev–Trinajstić information content (AvgIpc) is 2.57. The second-order valence-electron chi connectivity index (χ2n) is 3.87. The quantitative estimate of drug-likeness (QED) is 0.870. The van der Waals surface area contributed by atoms with Gasteiger partial charge in [0.2, 0.25) is 0 Å². The molecular formula is C12H9BrF3NS. The van der Waals surface area contributed by atoms with Gasteiger partial charge in [0.05, 0.1) is 9.83 Å². The van der Waals surface area contributed by atoms with Gasteiger partial charge >= 0.3 is 0 Å². The predicted molar refractivity (Wildman–Crippen MR) is 69.1 cm³/mol. The Morgan fingerprint density at radius 2 is 1.72 bits per heavy atom. The van der Waals surface area contributed by atoms with Crippen molar-refractivity contribution >= 4 is 27.3 Å². The standard InChI is InChI=1S/C12H9BrF3NS/c1-5-2-9(18-12(5)13)11(17)10-7(15)3-6(14)4-8(10)16/h2-4,11H,17H2,1H3. The lowest BCUT2D eigenvalue weighted by atomic mass is 10.0. The summed E-state index contributed by atoms with van der Waals surface area (Å²) in [6.45, 7) is 1.86. The molecule has 18 heavy (non-hydrogen) atoms.